The van der Waals surface area contributed by atoms with E-state index < -0.39 is 21.7 Å². The van der Waals surface area contributed by atoms with Gasteiger partial charge >= 0.3 is 16.1 Å². The van der Waals surface area contributed by atoms with Crippen LogP contribution < -0.4 is 0 Å². The zero-order chi connectivity index (χ0) is 16.0. The summed E-state index contributed by atoms with van der Waals surface area (Å²) >= 11 is 0. The second-order valence-corrected chi connectivity index (χ2v) is 7.47. The van der Waals surface area contributed by atoms with E-state index in [1.54, 1.807) is 12.1 Å². The first-order valence-corrected chi connectivity index (χ1v) is 9.08. The monoisotopic (exact) mass is 322 g/mol. The third-order valence-corrected chi connectivity index (χ3v) is 4.66. The smallest absolute Gasteiger partial charge is 0.343 e. The quantitative estimate of drug-likeness (QED) is 0.632. The van der Waals surface area contributed by atoms with Crippen LogP contribution in [0.25, 0.3) is 5.57 Å². The van der Waals surface area contributed by atoms with Gasteiger partial charge in [0.05, 0.1) is 6.26 Å². The molecular weight excluding hydrogens is 304 g/mol. The Bertz CT molecular complexity index is 754. The summed E-state index contributed by atoms with van der Waals surface area (Å²) in [6.45, 7) is 1.87. The van der Waals surface area contributed by atoms with Crippen molar-refractivity contribution in [2.45, 2.75) is 38.2 Å². The topological polar surface area (TPSA) is 69.7 Å². The van der Waals surface area contributed by atoms with Gasteiger partial charge in [0.1, 0.15) is 5.57 Å². The van der Waals surface area contributed by atoms with Gasteiger partial charge in [0.15, 0.2) is 11.4 Å². The third-order valence-electron chi connectivity index (χ3n) is 4.19. The Hall–Kier alpha value is -1.82. The standard InChI is InChI=1S/C16H18O5S/c1-11-7-3-4-8-12(11)13-14(21-22(2,18)19)16(20-15(13)17)9-5-6-10-16/h3-4,7-8H,5-6,9-10H2,1-2H3. The lowest BCUT2D eigenvalue weighted by atomic mass is 9.94. The van der Waals surface area contributed by atoms with Gasteiger partial charge in [-0.3, -0.25) is 0 Å². The second kappa shape index (κ2) is 5.12. The molecule has 118 valence electrons. The van der Waals surface area contributed by atoms with Gasteiger partial charge in [0.2, 0.25) is 0 Å². The Morgan fingerprint density at radius 1 is 1.18 bits per heavy atom. The Labute approximate surface area is 130 Å². The third kappa shape index (κ3) is 2.52. The molecule has 1 heterocycles. The average Bonchev–Trinajstić information content (AvgIpc) is 2.97. The number of hydrogen-bond donors (Lipinski definition) is 0. The Morgan fingerprint density at radius 3 is 2.41 bits per heavy atom. The molecule has 1 fully saturated rings. The van der Waals surface area contributed by atoms with Crippen molar-refractivity contribution < 1.29 is 22.1 Å². The molecule has 1 spiro atoms. The fourth-order valence-electron chi connectivity index (χ4n) is 3.23. The molecular formula is C16H18O5S. The number of carbonyl (C=O) groups excluding carboxylic acids is 1. The number of aryl methyl sites for hydroxylation is 1. The molecule has 1 aromatic rings. The van der Waals surface area contributed by atoms with E-state index >= 15 is 0 Å². The summed E-state index contributed by atoms with van der Waals surface area (Å²) in [5, 5.41) is 0. The highest BCUT2D eigenvalue weighted by molar-refractivity contribution is 7.86. The van der Waals surface area contributed by atoms with E-state index in [0.717, 1.165) is 24.7 Å². The summed E-state index contributed by atoms with van der Waals surface area (Å²) in [5.74, 6) is -0.346. The highest BCUT2D eigenvalue weighted by Crippen LogP contribution is 2.48. The molecule has 0 unspecified atom stereocenters. The van der Waals surface area contributed by atoms with Crippen molar-refractivity contribution in [3.63, 3.8) is 0 Å². The lowest BCUT2D eigenvalue weighted by Gasteiger charge is -2.24. The molecule has 0 radical (unpaired) electrons. The van der Waals surface area contributed by atoms with Crippen LogP contribution in [0.15, 0.2) is 30.0 Å². The minimum Gasteiger partial charge on any atom is -0.447 e. The predicted octanol–water partition coefficient (Wildman–Crippen LogP) is 2.55. The van der Waals surface area contributed by atoms with Crippen LogP contribution in [0.3, 0.4) is 0 Å². The molecule has 1 saturated carbocycles. The van der Waals surface area contributed by atoms with Gasteiger partial charge in [-0.05, 0) is 43.7 Å². The molecule has 1 aliphatic heterocycles. The second-order valence-electron chi connectivity index (χ2n) is 5.90. The number of hydrogen-bond acceptors (Lipinski definition) is 5. The van der Waals surface area contributed by atoms with Crippen LogP contribution in [0.5, 0.6) is 0 Å². The fraction of sp³-hybridized carbons (Fsp3) is 0.438. The lowest BCUT2D eigenvalue weighted by Crippen LogP contribution is -2.30. The van der Waals surface area contributed by atoms with E-state index in [2.05, 4.69) is 0 Å². The molecule has 0 amide bonds. The van der Waals surface area contributed by atoms with E-state index in [-0.39, 0.29) is 11.3 Å². The summed E-state index contributed by atoms with van der Waals surface area (Å²) in [4.78, 5) is 12.4. The lowest BCUT2D eigenvalue weighted by molar-refractivity contribution is -0.145. The average molecular weight is 322 g/mol. The van der Waals surface area contributed by atoms with Crippen molar-refractivity contribution >= 4 is 21.7 Å². The molecule has 0 aromatic heterocycles. The number of ether oxygens (including phenoxy) is 1. The van der Waals surface area contributed by atoms with E-state index in [9.17, 15) is 13.2 Å². The summed E-state index contributed by atoms with van der Waals surface area (Å²) in [6, 6.07) is 7.32. The molecule has 6 heteroatoms. The molecule has 5 nitrogen and oxygen atoms in total. The van der Waals surface area contributed by atoms with Gasteiger partial charge in [0, 0.05) is 0 Å². The Balaban J connectivity index is 2.22. The highest BCUT2D eigenvalue weighted by Gasteiger charge is 2.52. The van der Waals surface area contributed by atoms with Crippen molar-refractivity contribution in [3.8, 4) is 0 Å². The largest absolute Gasteiger partial charge is 0.447 e. The SMILES string of the molecule is Cc1ccccc1C1=C(OS(C)(=O)=O)C2(CCCC2)OC1=O. The van der Waals surface area contributed by atoms with Crippen LogP contribution in [-0.4, -0.2) is 26.2 Å². The van der Waals surface area contributed by atoms with Gasteiger partial charge < -0.3 is 8.92 Å². The highest BCUT2D eigenvalue weighted by atomic mass is 32.2. The molecule has 3 rings (SSSR count). The predicted molar refractivity (Wildman–Crippen MR) is 81.3 cm³/mol. The first-order valence-electron chi connectivity index (χ1n) is 7.26. The van der Waals surface area contributed by atoms with Crippen molar-refractivity contribution in [2.75, 3.05) is 6.26 Å². The molecule has 0 N–H and O–H groups in total. The van der Waals surface area contributed by atoms with Crippen molar-refractivity contribution in [2.24, 2.45) is 0 Å². The van der Waals surface area contributed by atoms with Gasteiger partial charge in [-0.15, -0.1) is 0 Å². The van der Waals surface area contributed by atoms with E-state index in [1.807, 2.05) is 19.1 Å². The Morgan fingerprint density at radius 2 is 1.82 bits per heavy atom. The van der Waals surface area contributed by atoms with E-state index in [1.165, 1.54) is 0 Å². The van der Waals surface area contributed by atoms with Crippen LogP contribution in [0.4, 0.5) is 0 Å². The minimum absolute atomic E-state index is 0.159. The van der Waals surface area contributed by atoms with E-state index in [0.29, 0.717) is 18.4 Å². The number of rotatable bonds is 3. The first kappa shape index (κ1) is 15.1. The number of benzene rings is 1. The van der Waals surface area contributed by atoms with Crippen molar-refractivity contribution in [3.05, 3.63) is 41.2 Å². The normalized spacial score (nSPS) is 20.5. The van der Waals surface area contributed by atoms with Crippen molar-refractivity contribution in [1.82, 2.24) is 0 Å². The molecule has 2 aliphatic rings. The van der Waals surface area contributed by atoms with Gasteiger partial charge in [0.25, 0.3) is 0 Å². The maximum Gasteiger partial charge on any atom is 0.343 e. The molecule has 0 bridgehead atoms. The molecule has 0 atom stereocenters. The van der Waals surface area contributed by atoms with Crippen molar-refractivity contribution in [1.29, 1.82) is 0 Å². The summed E-state index contributed by atoms with van der Waals surface area (Å²) < 4.78 is 34.2. The maximum absolute atomic E-state index is 12.4. The summed E-state index contributed by atoms with van der Waals surface area (Å²) in [7, 11) is -3.74. The molecule has 1 aromatic carbocycles. The fourth-order valence-corrected chi connectivity index (χ4v) is 3.76. The number of esters is 1. The van der Waals surface area contributed by atoms with Gasteiger partial charge in [-0.2, -0.15) is 8.42 Å². The Kier molecular flexibility index (Phi) is 3.51. The summed E-state index contributed by atoms with van der Waals surface area (Å²) in [5.41, 5.74) is 0.858. The maximum atomic E-state index is 12.4. The molecule has 22 heavy (non-hydrogen) atoms. The van der Waals surface area contributed by atoms with Crippen LogP contribution in [0, 0.1) is 6.92 Å². The van der Waals surface area contributed by atoms with Crippen LogP contribution >= 0.6 is 0 Å². The zero-order valence-electron chi connectivity index (χ0n) is 12.6. The first-order chi connectivity index (χ1) is 10.3. The zero-order valence-corrected chi connectivity index (χ0v) is 13.4. The molecule has 1 aliphatic carbocycles. The van der Waals surface area contributed by atoms with Crippen LogP contribution in [0.2, 0.25) is 0 Å². The number of carbonyl (C=O) groups is 1. The summed E-state index contributed by atoms with van der Waals surface area (Å²) in [6.07, 6.45) is 3.94. The van der Waals surface area contributed by atoms with Gasteiger partial charge in [-0.25, -0.2) is 4.79 Å². The van der Waals surface area contributed by atoms with Crippen LogP contribution in [-0.2, 0) is 23.8 Å². The van der Waals surface area contributed by atoms with Crippen LogP contribution in [0.1, 0.15) is 36.8 Å². The van der Waals surface area contributed by atoms with Gasteiger partial charge in [-0.1, -0.05) is 24.3 Å². The molecule has 0 saturated heterocycles. The minimum atomic E-state index is -3.74. The van der Waals surface area contributed by atoms with E-state index in [4.69, 9.17) is 8.92 Å².